The fraction of sp³-hybridized carbons (Fsp3) is 0.294. The van der Waals surface area contributed by atoms with Crippen molar-refractivity contribution in [1.29, 1.82) is 0 Å². The molecule has 0 aromatic heterocycles. The molecule has 0 saturated carbocycles. The van der Waals surface area contributed by atoms with Gasteiger partial charge < -0.3 is 4.74 Å². The smallest absolute Gasteiger partial charge is 0.328 e. The number of allylic oxidation sites excluding steroid dienone is 5. The molecule has 1 N–H and O–H groups in total. The summed E-state index contributed by atoms with van der Waals surface area (Å²) in [5.41, 5.74) is 1.55. The summed E-state index contributed by atoms with van der Waals surface area (Å²) in [5.74, 6) is 0.188. The standard InChI is InChI=1S/C17H22N4O3/c1-6-12(3)10-14(7-2)24-16(18-5)19-11-13(4)21-9-8-15(22)20-17(21)23/h6-7,10-11H,2,5,8-9H2,1,3-4H3,(H,20,22,23)/b12-6-,13-11+,14-10+,19-16+. The van der Waals surface area contributed by atoms with Crippen LogP contribution >= 0.6 is 0 Å². The number of amides is 3. The molecule has 7 heteroatoms. The summed E-state index contributed by atoms with van der Waals surface area (Å²) >= 11 is 0. The average molecular weight is 330 g/mol. The van der Waals surface area contributed by atoms with Crippen molar-refractivity contribution >= 4 is 24.7 Å². The molecule has 3 amide bonds. The molecule has 0 radical (unpaired) electrons. The molecule has 1 aliphatic heterocycles. The third-order valence-electron chi connectivity index (χ3n) is 3.21. The maximum absolute atomic E-state index is 11.7. The molecule has 1 fully saturated rings. The Kier molecular flexibility index (Phi) is 7.35. The first-order valence-corrected chi connectivity index (χ1v) is 7.38. The molecule has 0 aromatic carbocycles. The predicted molar refractivity (Wildman–Crippen MR) is 94.4 cm³/mol. The molecule has 1 rings (SSSR count). The zero-order valence-corrected chi connectivity index (χ0v) is 14.2. The number of carbonyl (C=O) groups is 2. The van der Waals surface area contributed by atoms with Gasteiger partial charge >= 0.3 is 12.1 Å². The number of hydrogen-bond acceptors (Lipinski definition) is 4. The third-order valence-corrected chi connectivity index (χ3v) is 3.21. The molecule has 0 bridgehead atoms. The van der Waals surface area contributed by atoms with Gasteiger partial charge in [-0.3, -0.25) is 15.0 Å². The van der Waals surface area contributed by atoms with E-state index in [9.17, 15) is 9.59 Å². The number of carbonyl (C=O) groups excluding carboxylic acids is 2. The SMILES string of the molecule is C=C/C(=C\C(C)=C/C)O/C(N=C)=N/C=C(\C)N1CCC(=O)NC1=O. The van der Waals surface area contributed by atoms with Crippen LogP contribution in [0.1, 0.15) is 27.2 Å². The van der Waals surface area contributed by atoms with Crippen LogP contribution in [-0.2, 0) is 9.53 Å². The molecule has 1 saturated heterocycles. The van der Waals surface area contributed by atoms with Gasteiger partial charge in [-0.25, -0.2) is 14.8 Å². The Labute approximate surface area is 141 Å². The van der Waals surface area contributed by atoms with Crippen LogP contribution in [-0.4, -0.2) is 36.1 Å². The van der Waals surface area contributed by atoms with Crippen molar-refractivity contribution in [1.82, 2.24) is 10.2 Å². The molecule has 0 atom stereocenters. The largest absolute Gasteiger partial charge is 0.424 e. The summed E-state index contributed by atoms with van der Waals surface area (Å²) in [6.45, 7) is 12.9. The van der Waals surface area contributed by atoms with Crippen LogP contribution in [0.5, 0.6) is 0 Å². The van der Waals surface area contributed by atoms with E-state index in [0.717, 1.165) is 5.57 Å². The lowest BCUT2D eigenvalue weighted by Crippen LogP contribution is -2.48. The topological polar surface area (TPSA) is 83.4 Å². The summed E-state index contributed by atoms with van der Waals surface area (Å²) < 4.78 is 5.51. The van der Waals surface area contributed by atoms with Gasteiger partial charge in [0.05, 0.1) is 6.20 Å². The quantitative estimate of drug-likeness (QED) is 0.364. The Morgan fingerprint density at radius 1 is 1.38 bits per heavy atom. The lowest BCUT2D eigenvalue weighted by molar-refractivity contribution is -0.121. The van der Waals surface area contributed by atoms with Crippen LogP contribution in [0.2, 0.25) is 0 Å². The van der Waals surface area contributed by atoms with E-state index >= 15 is 0 Å². The number of rotatable bonds is 5. The van der Waals surface area contributed by atoms with Gasteiger partial charge in [0, 0.05) is 18.7 Å². The fourth-order valence-corrected chi connectivity index (χ4v) is 1.76. The van der Waals surface area contributed by atoms with Crippen LogP contribution in [0.15, 0.2) is 58.0 Å². The number of aliphatic imine (C=N–C) groups is 2. The van der Waals surface area contributed by atoms with E-state index in [1.165, 1.54) is 17.2 Å². The second kappa shape index (κ2) is 9.24. The molecule has 128 valence electrons. The molecule has 0 aliphatic carbocycles. The minimum Gasteiger partial charge on any atom is -0.424 e. The highest BCUT2D eigenvalue weighted by Gasteiger charge is 2.23. The lowest BCUT2D eigenvalue weighted by Gasteiger charge is -2.26. The van der Waals surface area contributed by atoms with Crippen molar-refractivity contribution in [2.75, 3.05) is 6.54 Å². The molecular weight excluding hydrogens is 308 g/mol. The second-order valence-electron chi connectivity index (χ2n) is 4.98. The number of nitrogens with one attached hydrogen (secondary N) is 1. The van der Waals surface area contributed by atoms with E-state index in [-0.39, 0.29) is 18.3 Å². The minimum atomic E-state index is -0.473. The monoisotopic (exact) mass is 330 g/mol. The maximum Gasteiger partial charge on any atom is 0.328 e. The van der Waals surface area contributed by atoms with Gasteiger partial charge in [-0.15, -0.1) is 0 Å². The van der Waals surface area contributed by atoms with Gasteiger partial charge in [0.25, 0.3) is 0 Å². The first kappa shape index (κ1) is 19.1. The number of hydrogen-bond donors (Lipinski definition) is 1. The van der Waals surface area contributed by atoms with E-state index in [0.29, 0.717) is 18.0 Å². The van der Waals surface area contributed by atoms with E-state index < -0.39 is 6.03 Å². The van der Waals surface area contributed by atoms with Crippen molar-refractivity contribution in [3.05, 3.63) is 48.0 Å². The molecular formula is C17H22N4O3. The van der Waals surface area contributed by atoms with Crippen molar-refractivity contribution in [3.8, 4) is 0 Å². The van der Waals surface area contributed by atoms with Gasteiger partial charge in [0.15, 0.2) is 0 Å². The van der Waals surface area contributed by atoms with Crippen LogP contribution < -0.4 is 5.32 Å². The molecule has 24 heavy (non-hydrogen) atoms. The molecule has 1 heterocycles. The van der Waals surface area contributed by atoms with E-state index in [1.54, 1.807) is 13.0 Å². The highest BCUT2D eigenvalue weighted by Crippen LogP contribution is 2.11. The number of ether oxygens (including phenoxy) is 1. The van der Waals surface area contributed by atoms with Crippen LogP contribution in [0.4, 0.5) is 4.79 Å². The Morgan fingerprint density at radius 2 is 2.08 bits per heavy atom. The average Bonchev–Trinajstić information content (AvgIpc) is 2.56. The number of urea groups is 1. The third kappa shape index (κ3) is 5.68. The molecule has 1 aliphatic rings. The number of nitrogens with zero attached hydrogens (tertiary/aromatic N) is 3. The van der Waals surface area contributed by atoms with Gasteiger partial charge in [-0.05, 0) is 39.6 Å². The second-order valence-corrected chi connectivity index (χ2v) is 4.98. The number of imide groups is 1. The summed E-state index contributed by atoms with van der Waals surface area (Å²) in [6, 6.07) is -0.447. The Hall–Kier alpha value is -2.96. The summed E-state index contributed by atoms with van der Waals surface area (Å²) in [5, 5.41) is 2.24. The minimum absolute atomic E-state index is 0.0258. The zero-order valence-electron chi connectivity index (χ0n) is 14.2. The van der Waals surface area contributed by atoms with Crippen molar-refractivity contribution in [3.63, 3.8) is 0 Å². The van der Waals surface area contributed by atoms with Gasteiger partial charge in [0.1, 0.15) is 5.76 Å². The molecule has 7 nitrogen and oxygen atoms in total. The van der Waals surface area contributed by atoms with E-state index in [4.69, 9.17) is 4.74 Å². The first-order valence-electron chi connectivity index (χ1n) is 7.38. The van der Waals surface area contributed by atoms with Crippen LogP contribution in [0.3, 0.4) is 0 Å². The highest BCUT2D eigenvalue weighted by atomic mass is 16.5. The maximum atomic E-state index is 11.7. The van der Waals surface area contributed by atoms with E-state index in [2.05, 4.69) is 28.6 Å². The lowest BCUT2D eigenvalue weighted by atomic mass is 10.2. The number of amidine groups is 1. The van der Waals surface area contributed by atoms with Crippen molar-refractivity contribution in [2.45, 2.75) is 27.2 Å². The van der Waals surface area contributed by atoms with Gasteiger partial charge in [0.2, 0.25) is 5.91 Å². The van der Waals surface area contributed by atoms with Crippen LogP contribution in [0.25, 0.3) is 0 Å². The summed E-state index contributed by atoms with van der Waals surface area (Å²) in [6.07, 6.45) is 6.92. The summed E-state index contributed by atoms with van der Waals surface area (Å²) in [4.78, 5) is 32.1. The first-order chi connectivity index (χ1) is 11.4. The Bertz CT molecular complexity index is 657. The zero-order chi connectivity index (χ0) is 18.1. The Balaban J connectivity index is 2.89. The predicted octanol–water partition coefficient (Wildman–Crippen LogP) is 2.90. The summed E-state index contributed by atoms with van der Waals surface area (Å²) in [7, 11) is 0. The van der Waals surface area contributed by atoms with Crippen molar-refractivity contribution < 1.29 is 14.3 Å². The van der Waals surface area contributed by atoms with Gasteiger partial charge in [-0.2, -0.15) is 0 Å². The van der Waals surface area contributed by atoms with E-state index in [1.807, 2.05) is 19.9 Å². The van der Waals surface area contributed by atoms with Gasteiger partial charge in [-0.1, -0.05) is 18.2 Å². The Morgan fingerprint density at radius 3 is 2.62 bits per heavy atom. The highest BCUT2D eigenvalue weighted by molar-refractivity contribution is 5.97. The normalized spacial score (nSPS) is 17.5. The fourth-order valence-electron chi connectivity index (χ4n) is 1.76. The molecule has 0 aromatic rings. The van der Waals surface area contributed by atoms with Crippen molar-refractivity contribution in [2.24, 2.45) is 9.98 Å². The molecule has 0 unspecified atom stereocenters. The molecule has 0 spiro atoms. The van der Waals surface area contributed by atoms with Crippen LogP contribution in [0, 0.1) is 0 Å².